The molecular formula is C15H21N3O3. The first-order valence-electron chi connectivity index (χ1n) is 7.25. The van der Waals surface area contributed by atoms with Crippen LogP contribution in [-0.2, 0) is 4.79 Å². The highest BCUT2D eigenvalue weighted by Crippen LogP contribution is 2.21. The zero-order chi connectivity index (χ0) is 15.4. The molecule has 0 saturated carbocycles. The SMILES string of the molecule is CC1CC(NC(=O)C(C)c2cccc([N+](=O)[O-])c2)CCN1. The monoisotopic (exact) mass is 291 g/mol. The van der Waals surface area contributed by atoms with Gasteiger partial charge >= 0.3 is 0 Å². The van der Waals surface area contributed by atoms with E-state index >= 15 is 0 Å². The summed E-state index contributed by atoms with van der Waals surface area (Å²) in [4.78, 5) is 22.7. The van der Waals surface area contributed by atoms with Gasteiger partial charge in [0.2, 0.25) is 5.91 Å². The summed E-state index contributed by atoms with van der Waals surface area (Å²) in [6.45, 7) is 4.78. The lowest BCUT2D eigenvalue weighted by Crippen LogP contribution is -2.47. The summed E-state index contributed by atoms with van der Waals surface area (Å²) in [7, 11) is 0. The molecular weight excluding hydrogens is 270 g/mol. The van der Waals surface area contributed by atoms with Crippen LogP contribution in [0.1, 0.15) is 38.2 Å². The van der Waals surface area contributed by atoms with Gasteiger partial charge in [-0.15, -0.1) is 0 Å². The Morgan fingerprint density at radius 1 is 1.52 bits per heavy atom. The van der Waals surface area contributed by atoms with Crippen molar-refractivity contribution < 1.29 is 9.72 Å². The third-order valence-electron chi connectivity index (χ3n) is 3.94. The maximum absolute atomic E-state index is 12.3. The van der Waals surface area contributed by atoms with Crippen LogP contribution in [0, 0.1) is 10.1 Å². The maximum atomic E-state index is 12.3. The second-order valence-electron chi connectivity index (χ2n) is 5.66. The lowest BCUT2D eigenvalue weighted by molar-refractivity contribution is -0.384. The van der Waals surface area contributed by atoms with E-state index < -0.39 is 10.8 Å². The summed E-state index contributed by atoms with van der Waals surface area (Å²) in [6, 6.07) is 6.84. The zero-order valence-corrected chi connectivity index (χ0v) is 12.3. The number of nitro groups is 1. The van der Waals surface area contributed by atoms with Crippen molar-refractivity contribution in [2.45, 2.75) is 44.7 Å². The Morgan fingerprint density at radius 2 is 2.29 bits per heavy atom. The van der Waals surface area contributed by atoms with Crippen molar-refractivity contribution in [3.63, 3.8) is 0 Å². The fourth-order valence-corrected chi connectivity index (χ4v) is 2.65. The normalized spacial score (nSPS) is 23.3. The van der Waals surface area contributed by atoms with Crippen molar-refractivity contribution in [2.24, 2.45) is 0 Å². The lowest BCUT2D eigenvalue weighted by atomic mass is 9.96. The molecule has 2 N–H and O–H groups in total. The van der Waals surface area contributed by atoms with Crippen LogP contribution in [0.25, 0.3) is 0 Å². The van der Waals surface area contributed by atoms with Crippen LogP contribution >= 0.6 is 0 Å². The number of piperidine rings is 1. The van der Waals surface area contributed by atoms with Crippen LogP contribution in [-0.4, -0.2) is 29.5 Å². The Morgan fingerprint density at radius 3 is 2.95 bits per heavy atom. The Kier molecular flexibility index (Phi) is 4.90. The number of hydrogen-bond acceptors (Lipinski definition) is 4. The Balaban J connectivity index is 2.01. The van der Waals surface area contributed by atoms with Crippen molar-refractivity contribution in [3.05, 3.63) is 39.9 Å². The highest BCUT2D eigenvalue weighted by molar-refractivity contribution is 5.83. The van der Waals surface area contributed by atoms with Crippen molar-refractivity contribution in [1.29, 1.82) is 0 Å². The molecule has 1 aromatic rings. The molecule has 6 nitrogen and oxygen atoms in total. The van der Waals surface area contributed by atoms with E-state index in [1.807, 2.05) is 0 Å². The van der Waals surface area contributed by atoms with E-state index in [-0.39, 0.29) is 17.6 Å². The highest BCUT2D eigenvalue weighted by Gasteiger charge is 2.23. The number of carbonyl (C=O) groups is 1. The molecule has 0 aromatic heterocycles. The minimum atomic E-state index is -0.442. The topological polar surface area (TPSA) is 84.3 Å². The third kappa shape index (κ3) is 4.01. The van der Waals surface area contributed by atoms with Gasteiger partial charge in [-0.3, -0.25) is 14.9 Å². The van der Waals surface area contributed by atoms with Crippen LogP contribution in [0.5, 0.6) is 0 Å². The van der Waals surface area contributed by atoms with E-state index in [9.17, 15) is 14.9 Å². The van der Waals surface area contributed by atoms with Crippen LogP contribution < -0.4 is 10.6 Å². The van der Waals surface area contributed by atoms with Gasteiger partial charge < -0.3 is 10.6 Å². The minimum Gasteiger partial charge on any atom is -0.353 e. The number of carbonyl (C=O) groups excluding carboxylic acids is 1. The number of hydrogen-bond donors (Lipinski definition) is 2. The molecule has 0 spiro atoms. The van der Waals surface area contributed by atoms with Crippen LogP contribution in [0.15, 0.2) is 24.3 Å². The summed E-state index contributed by atoms with van der Waals surface area (Å²) in [6.07, 6.45) is 1.82. The smallest absolute Gasteiger partial charge is 0.269 e. The summed E-state index contributed by atoms with van der Waals surface area (Å²) in [5, 5.41) is 17.2. The number of nitrogens with one attached hydrogen (secondary N) is 2. The highest BCUT2D eigenvalue weighted by atomic mass is 16.6. The van der Waals surface area contributed by atoms with Crippen molar-refractivity contribution in [1.82, 2.24) is 10.6 Å². The number of non-ortho nitro benzene ring substituents is 1. The molecule has 1 aliphatic rings. The fraction of sp³-hybridized carbons (Fsp3) is 0.533. The van der Waals surface area contributed by atoms with Crippen molar-refractivity contribution >= 4 is 11.6 Å². The van der Waals surface area contributed by atoms with E-state index in [0.717, 1.165) is 19.4 Å². The number of rotatable bonds is 4. The standard InChI is InChI=1S/C15H21N3O3/c1-10-8-13(6-7-16-10)17-15(19)11(2)12-4-3-5-14(9-12)18(20)21/h3-5,9-11,13,16H,6-8H2,1-2H3,(H,17,19). The molecule has 0 bridgehead atoms. The molecule has 1 heterocycles. The van der Waals surface area contributed by atoms with Crippen molar-refractivity contribution in [2.75, 3.05) is 6.54 Å². The molecule has 1 amide bonds. The molecule has 0 radical (unpaired) electrons. The van der Waals surface area contributed by atoms with E-state index in [4.69, 9.17) is 0 Å². The molecule has 1 saturated heterocycles. The van der Waals surface area contributed by atoms with E-state index in [0.29, 0.717) is 11.6 Å². The van der Waals surface area contributed by atoms with Crippen LogP contribution in [0.4, 0.5) is 5.69 Å². The van der Waals surface area contributed by atoms with Gasteiger partial charge in [-0.2, -0.15) is 0 Å². The van der Waals surface area contributed by atoms with Gasteiger partial charge in [0.25, 0.3) is 5.69 Å². The predicted octanol–water partition coefficient (Wildman–Crippen LogP) is 1.95. The maximum Gasteiger partial charge on any atom is 0.269 e. The first-order valence-corrected chi connectivity index (χ1v) is 7.25. The van der Waals surface area contributed by atoms with E-state index in [1.54, 1.807) is 19.1 Å². The molecule has 6 heteroatoms. The number of benzene rings is 1. The molecule has 3 unspecified atom stereocenters. The Hall–Kier alpha value is -1.95. The van der Waals surface area contributed by atoms with Crippen LogP contribution in [0.2, 0.25) is 0 Å². The predicted molar refractivity (Wildman–Crippen MR) is 80.1 cm³/mol. The molecule has 114 valence electrons. The third-order valence-corrected chi connectivity index (χ3v) is 3.94. The zero-order valence-electron chi connectivity index (χ0n) is 12.3. The first-order chi connectivity index (χ1) is 9.97. The van der Waals surface area contributed by atoms with E-state index in [2.05, 4.69) is 17.6 Å². The Bertz CT molecular complexity index is 533. The average molecular weight is 291 g/mol. The molecule has 1 aromatic carbocycles. The van der Waals surface area contributed by atoms with Gasteiger partial charge in [0.15, 0.2) is 0 Å². The number of nitro benzene ring substituents is 1. The molecule has 3 atom stereocenters. The molecule has 2 rings (SSSR count). The summed E-state index contributed by atoms with van der Waals surface area (Å²) in [5.41, 5.74) is 0.686. The molecule has 21 heavy (non-hydrogen) atoms. The van der Waals surface area contributed by atoms with Crippen molar-refractivity contribution in [3.8, 4) is 0 Å². The number of nitrogens with zero attached hydrogens (tertiary/aromatic N) is 1. The minimum absolute atomic E-state index is 0.0163. The van der Waals surface area contributed by atoms with E-state index in [1.165, 1.54) is 12.1 Å². The van der Waals surface area contributed by atoms with Gasteiger partial charge in [-0.05, 0) is 38.8 Å². The largest absolute Gasteiger partial charge is 0.353 e. The van der Waals surface area contributed by atoms with Gasteiger partial charge in [0, 0.05) is 24.2 Å². The average Bonchev–Trinajstić information content (AvgIpc) is 2.46. The summed E-state index contributed by atoms with van der Waals surface area (Å²) >= 11 is 0. The van der Waals surface area contributed by atoms with Crippen LogP contribution in [0.3, 0.4) is 0 Å². The van der Waals surface area contributed by atoms with Gasteiger partial charge in [-0.25, -0.2) is 0 Å². The van der Waals surface area contributed by atoms with Gasteiger partial charge in [0.1, 0.15) is 0 Å². The summed E-state index contributed by atoms with van der Waals surface area (Å²) in [5.74, 6) is -0.468. The van der Waals surface area contributed by atoms with Gasteiger partial charge in [0.05, 0.1) is 10.8 Å². The second-order valence-corrected chi connectivity index (χ2v) is 5.66. The fourth-order valence-electron chi connectivity index (χ4n) is 2.65. The molecule has 1 aliphatic heterocycles. The number of amides is 1. The lowest BCUT2D eigenvalue weighted by Gasteiger charge is -2.29. The second kappa shape index (κ2) is 6.67. The molecule has 0 aliphatic carbocycles. The Labute approximate surface area is 124 Å². The first kappa shape index (κ1) is 15.4. The summed E-state index contributed by atoms with van der Waals surface area (Å²) < 4.78 is 0. The quantitative estimate of drug-likeness (QED) is 0.656. The van der Waals surface area contributed by atoms with Gasteiger partial charge in [-0.1, -0.05) is 12.1 Å². The molecule has 1 fully saturated rings.